The van der Waals surface area contributed by atoms with Crippen LogP contribution in [0, 0.1) is 6.92 Å². The van der Waals surface area contributed by atoms with Crippen LogP contribution >= 0.6 is 46.3 Å². The van der Waals surface area contributed by atoms with E-state index in [9.17, 15) is 0 Å². The molecule has 0 bridgehead atoms. The van der Waals surface area contributed by atoms with Crippen molar-refractivity contribution in [2.24, 2.45) is 0 Å². The number of thioether (sulfide) groups is 1. The Balaban J connectivity index is 1.47. The molecular formula is C23H22Cl2N4OS2. The molecule has 4 rings (SSSR count). The fourth-order valence-electron chi connectivity index (χ4n) is 3.26. The highest BCUT2D eigenvalue weighted by Crippen LogP contribution is 2.33. The van der Waals surface area contributed by atoms with Crippen LogP contribution in [0.2, 0.25) is 10.0 Å². The first-order valence-corrected chi connectivity index (χ1v) is 12.8. The lowest BCUT2D eigenvalue weighted by Gasteiger charge is -2.16. The van der Waals surface area contributed by atoms with Gasteiger partial charge in [0.2, 0.25) is 0 Å². The first kappa shape index (κ1) is 23.1. The van der Waals surface area contributed by atoms with Crippen molar-refractivity contribution in [3.8, 4) is 16.3 Å². The number of thiazole rings is 1. The van der Waals surface area contributed by atoms with Crippen LogP contribution in [0.15, 0.2) is 53.0 Å². The minimum atomic E-state index is -0.334. The van der Waals surface area contributed by atoms with Crippen LogP contribution in [0.1, 0.15) is 37.0 Å². The van der Waals surface area contributed by atoms with Crippen molar-refractivity contribution in [1.29, 1.82) is 0 Å². The summed E-state index contributed by atoms with van der Waals surface area (Å²) in [7, 11) is 0. The summed E-state index contributed by atoms with van der Waals surface area (Å²) in [6, 6.07) is 13.5. The zero-order valence-electron chi connectivity index (χ0n) is 17.9. The van der Waals surface area contributed by atoms with Crippen LogP contribution in [0.3, 0.4) is 0 Å². The summed E-state index contributed by atoms with van der Waals surface area (Å²) in [5.41, 5.74) is 3.43. The van der Waals surface area contributed by atoms with Gasteiger partial charge in [-0.3, -0.25) is 0 Å². The normalized spacial score (nSPS) is 12.2. The van der Waals surface area contributed by atoms with Gasteiger partial charge in [-0.2, -0.15) is 0 Å². The van der Waals surface area contributed by atoms with E-state index in [0.717, 1.165) is 34.0 Å². The Kier molecular flexibility index (Phi) is 7.40. The van der Waals surface area contributed by atoms with Crippen LogP contribution in [-0.2, 0) is 12.3 Å². The summed E-state index contributed by atoms with van der Waals surface area (Å²) in [6.45, 7) is 6.83. The summed E-state index contributed by atoms with van der Waals surface area (Å²) in [4.78, 5) is 4.82. The number of aryl methyl sites for hydroxylation is 1. The van der Waals surface area contributed by atoms with Gasteiger partial charge in [0.1, 0.15) is 10.8 Å². The van der Waals surface area contributed by atoms with Crippen molar-refractivity contribution in [3.05, 3.63) is 75.0 Å². The van der Waals surface area contributed by atoms with Crippen LogP contribution in [0.5, 0.6) is 5.75 Å². The second kappa shape index (κ2) is 10.3. The fraction of sp³-hybridized carbons (Fsp3) is 0.261. The molecule has 1 unspecified atom stereocenters. The zero-order chi connectivity index (χ0) is 22.7. The lowest BCUT2D eigenvalue weighted by Crippen LogP contribution is -2.12. The third-order valence-corrected chi connectivity index (χ3v) is 7.37. The van der Waals surface area contributed by atoms with Crippen molar-refractivity contribution < 1.29 is 4.74 Å². The van der Waals surface area contributed by atoms with Crippen molar-refractivity contribution >= 4 is 46.3 Å². The number of aromatic nitrogens is 4. The van der Waals surface area contributed by atoms with Crippen LogP contribution in [0.25, 0.3) is 10.6 Å². The average Bonchev–Trinajstić information content (AvgIpc) is 3.42. The van der Waals surface area contributed by atoms with Gasteiger partial charge in [-0.25, -0.2) is 4.98 Å². The van der Waals surface area contributed by atoms with E-state index in [1.807, 2.05) is 19.1 Å². The van der Waals surface area contributed by atoms with E-state index >= 15 is 0 Å². The maximum atomic E-state index is 6.24. The Morgan fingerprint density at radius 3 is 2.75 bits per heavy atom. The van der Waals surface area contributed by atoms with Gasteiger partial charge in [-0.1, -0.05) is 59.2 Å². The Morgan fingerprint density at radius 1 is 1.16 bits per heavy atom. The smallest absolute Gasteiger partial charge is 0.191 e. The molecule has 0 fully saturated rings. The minimum Gasteiger partial charge on any atom is -0.481 e. The fourth-order valence-corrected chi connectivity index (χ4v) is 5.50. The molecule has 2 aromatic carbocycles. The molecule has 9 heteroatoms. The molecule has 166 valence electrons. The van der Waals surface area contributed by atoms with Gasteiger partial charge in [0, 0.05) is 34.3 Å². The Hall–Kier alpha value is -2.06. The number of hydrogen-bond donors (Lipinski definition) is 0. The molecule has 0 saturated heterocycles. The van der Waals surface area contributed by atoms with Gasteiger partial charge in [0.05, 0.1) is 10.7 Å². The molecule has 0 saturated carbocycles. The average molecular weight is 505 g/mol. The maximum Gasteiger partial charge on any atom is 0.191 e. The van der Waals surface area contributed by atoms with Gasteiger partial charge < -0.3 is 9.30 Å². The molecule has 4 aromatic rings. The van der Waals surface area contributed by atoms with Crippen LogP contribution in [-0.4, -0.2) is 19.7 Å². The van der Waals surface area contributed by atoms with Gasteiger partial charge in [-0.15, -0.1) is 21.5 Å². The van der Waals surface area contributed by atoms with Gasteiger partial charge in [-0.05, 0) is 38.5 Å². The number of rotatable bonds is 8. The molecule has 5 nitrogen and oxygen atoms in total. The predicted molar refractivity (Wildman–Crippen MR) is 133 cm³/mol. The zero-order valence-corrected chi connectivity index (χ0v) is 21.0. The third-order valence-electron chi connectivity index (χ3n) is 4.90. The quantitative estimate of drug-likeness (QED) is 0.233. The van der Waals surface area contributed by atoms with Crippen molar-refractivity contribution in [1.82, 2.24) is 19.7 Å². The summed E-state index contributed by atoms with van der Waals surface area (Å²) in [5, 5.41) is 13.8. The molecule has 0 amide bonds. The standard InChI is InChI=1S/C23H22Cl2N4OS2/c1-4-29-21(15(3)30-20-11-16(24)9-10-19(20)25)27-28-23(29)32-13-17-12-31-22(26-17)18-8-6-5-7-14(18)2/h5-12,15H,4,13H2,1-3H3. The van der Waals surface area contributed by atoms with Crippen molar-refractivity contribution in [3.63, 3.8) is 0 Å². The van der Waals surface area contributed by atoms with Crippen molar-refractivity contribution in [2.75, 3.05) is 0 Å². The summed E-state index contributed by atoms with van der Waals surface area (Å²) >= 11 is 15.6. The SMILES string of the molecule is CCn1c(SCc2csc(-c3ccccc3C)n2)nnc1C(C)Oc1cc(Cl)ccc1Cl. The molecule has 2 heterocycles. The molecule has 0 aliphatic carbocycles. The predicted octanol–water partition coefficient (Wildman–Crippen LogP) is 7.47. The second-order valence-electron chi connectivity index (χ2n) is 7.17. The lowest BCUT2D eigenvalue weighted by atomic mass is 10.1. The van der Waals surface area contributed by atoms with Gasteiger partial charge in [0.15, 0.2) is 17.1 Å². The van der Waals surface area contributed by atoms with Crippen LogP contribution in [0.4, 0.5) is 0 Å². The summed E-state index contributed by atoms with van der Waals surface area (Å²) in [5.74, 6) is 1.98. The van der Waals surface area contributed by atoms with E-state index < -0.39 is 0 Å². The summed E-state index contributed by atoms with van der Waals surface area (Å²) < 4.78 is 8.09. The second-order valence-corrected chi connectivity index (χ2v) is 9.81. The largest absolute Gasteiger partial charge is 0.481 e. The number of ether oxygens (including phenoxy) is 1. The highest BCUT2D eigenvalue weighted by atomic mass is 35.5. The van der Waals surface area contributed by atoms with E-state index in [0.29, 0.717) is 15.8 Å². The molecule has 0 aliphatic heterocycles. The molecule has 0 aliphatic rings. The highest BCUT2D eigenvalue weighted by molar-refractivity contribution is 7.98. The summed E-state index contributed by atoms with van der Waals surface area (Å²) in [6.07, 6.45) is -0.334. The van der Waals surface area contributed by atoms with E-state index in [2.05, 4.69) is 46.1 Å². The molecule has 1 atom stereocenters. The van der Waals surface area contributed by atoms with Gasteiger partial charge >= 0.3 is 0 Å². The Bertz CT molecular complexity index is 1220. The number of nitrogens with zero attached hydrogens (tertiary/aromatic N) is 4. The molecule has 0 spiro atoms. The maximum absolute atomic E-state index is 6.24. The Labute approximate surface area is 205 Å². The number of halogens is 2. The monoisotopic (exact) mass is 504 g/mol. The number of benzene rings is 2. The van der Waals surface area contributed by atoms with Crippen molar-refractivity contribution in [2.45, 2.75) is 44.3 Å². The topological polar surface area (TPSA) is 52.8 Å². The molecular weight excluding hydrogens is 483 g/mol. The third kappa shape index (κ3) is 5.12. The Morgan fingerprint density at radius 2 is 1.97 bits per heavy atom. The van der Waals surface area contributed by atoms with E-state index in [1.165, 1.54) is 11.1 Å². The minimum absolute atomic E-state index is 0.334. The van der Waals surface area contributed by atoms with Gasteiger partial charge in [0.25, 0.3) is 0 Å². The van der Waals surface area contributed by atoms with E-state index in [4.69, 9.17) is 32.9 Å². The molecule has 0 radical (unpaired) electrons. The van der Waals surface area contributed by atoms with Crippen LogP contribution < -0.4 is 4.74 Å². The van der Waals surface area contributed by atoms with E-state index in [1.54, 1.807) is 41.3 Å². The molecule has 0 N–H and O–H groups in total. The number of hydrogen-bond acceptors (Lipinski definition) is 6. The van der Waals surface area contributed by atoms with E-state index in [-0.39, 0.29) is 6.10 Å². The molecule has 2 aromatic heterocycles. The highest BCUT2D eigenvalue weighted by Gasteiger charge is 2.20. The molecule has 32 heavy (non-hydrogen) atoms. The first-order valence-electron chi connectivity index (χ1n) is 10.1. The first-order chi connectivity index (χ1) is 15.5. The lowest BCUT2D eigenvalue weighted by molar-refractivity contribution is 0.210.